The Morgan fingerprint density at radius 3 is 2.89 bits per heavy atom. The van der Waals surface area contributed by atoms with Crippen LogP contribution in [0.2, 0.25) is 0 Å². The fourth-order valence-corrected chi connectivity index (χ4v) is 4.64. The first-order valence-electron chi connectivity index (χ1n) is 9.15. The molecule has 0 spiro atoms. The molecular formula is C20H25IN4OS. The zero-order valence-corrected chi connectivity index (χ0v) is 18.6. The third kappa shape index (κ3) is 4.29. The zero-order valence-electron chi connectivity index (χ0n) is 15.5. The number of para-hydroxylation sites is 1. The van der Waals surface area contributed by atoms with Crippen LogP contribution in [0.15, 0.2) is 40.7 Å². The summed E-state index contributed by atoms with van der Waals surface area (Å²) in [4.78, 5) is 22.6. The van der Waals surface area contributed by atoms with Crippen LogP contribution >= 0.6 is 35.3 Å². The van der Waals surface area contributed by atoms with E-state index >= 15 is 0 Å². The Bertz CT molecular complexity index is 835. The Balaban J connectivity index is 0.00000210. The first-order valence-corrected chi connectivity index (χ1v) is 10.0. The summed E-state index contributed by atoms with van der Waals surface area (Å²) in [6, 6.07) is 10.6. The van der Waals surface area contributed by atoms with Crippen molar-refractivity contribution < 1.29 is 4.79 Å². The predicted octanol–water partition coefficient (Wildman–Crippen LogP) is 3.28. The number of thiophene rings is 1. The van der Waals surface area contributed by atoms with Gasteiger partial charge in [0.15, 0.2) is 5.96 Å². The number of hydrogen-bond donors (Lipinski definition) is 1. The molecule has 1 amide bonds. The summed E-state index contributed by atoms with van der Waals surface area (Å²) in [5.74, 6) is 1.06. The number of guanidine groups is 1. The van der Waals surface area contributed by atoms with Crippen LogP contribution in [0.25, 0.3) is 0 Å². The molecule has 2 aliphatic heterocycles. The molecule has 1 N–H and O–H groups in total. The Labute approximate surface area is 181 Å². The van der Waals surface area contributed by atoms with E-state index in [0.717, 1.165) is 38.4 Å². The normalized spacial score (nSPS) is 15.8. The Hall–Kier alpha value is -1.61. The lowest BCUT2D eigenvalue weighted by atomic mass is 10.1. The lowest BCUT2D eigenvalue weighted by Crippen LogP contribution is -2.43. The van der Waals surface area contributed by atoms with Crippen LogP contribution in [0.1, 0.15) is 22.4 Å². The highest BCUT2D eigenvalue weighted by Crippen LogP contribution is 2.27. The van der Waals surface area contributed by atoms with Gasteiger partial charge < -0.3 is 15.1 Å². The van der Waals surface area contributed by atoms with Crippen molar-refractivity contribution in [1.82, 2.24) is 10.2 Å². The third-order valence-corrected chi connectivity index (χ3v) is 6.16. The monoisotopic (exact) mass is 496 g/mol. The molecule has 27 heavy (non-hydrogen) atoms. The van der Waals surface area contributed by atoms with Crippen LogP contribution < -0.4 is 10.2 Å². The molecule has 3 heterocycles. The number of rotatable bonds is 3. The van der Waals surface area contributed by atoms with Gasteiger partial charge in [-0.3, -0.25) is 9.79 Å². The molecule has 0 aliphatic carbocycles. The van der Waals surface area contributed by atoms with Crippen molar-refractivity contribution >= 4 is 52.9 Å². The van der Waals surface area contributed by atoms with Gasteiger partial charge in [0.05, 0.1) is 0 Å². The maximum absolute atomic E-state index is 12.6. The SMILES string of the molecule is CN=C(NCCC(=O)N1CCc2sccc2C1)N1CCc2ccccc21.I. The number of fused-ring (bicyclic) bond motifs is 2. The number of halogens is 1. The summed E-state index contributed by atoms with van der Waals surface area (Å²) < 4.78 is 0. The number of nitrogens with one attached hydrogen (secondary N) is 1. The second-order valence-corrected chi connectivity index (χ2v) is 7.69. The van der Waals surface area contributed by atoms with Gasteiger partial charge in [0.25, 0.3) is 0 Å². The molecule has 4 rings (SSSR count). The molecular weight excluding hydrogens is 471 g/mol. The van der Waals surface area contributed by atoms with E-state index in [1.807, 2.05) is 4.90 Å². The molecule has 0 saturated heterocycles. The summed E-state index contributed by atoms with van der Waals surface area (Å²) in [5, 5.41) is 5.49. The number of nitrogens with zero attached hydrogens (tertiary/aromatic N) is 3. The topological polar surface area (TPSA) is 47.9 Å². The summed E-state index contributed by atoms with van der Waals surface area (Å²) >= 11 is 1.80. The second-order valence-electron chi connectivity index (χ2n) is 6.69. The highest BCUT2D eigenvalue weighted by atomic mass is 127. The van der Waals surface area contributed by atoms with Crippen LogP contribution in [0, 0.1) is 0 Å². The molecule has 0 unspecified atom stereocenters. The number of hydrogen-bond acceptors (Lipinski definition) is 3. The van der Waals surface area contributed by atoms with E-state index in [1.165, 1.54) is 21.7 Å². The molecule has 0 saturated carbocycles. The number of carbonyl (C=O) groups is 1. The third-order valence-electron chi connectivity index (χ3n) is 5.14. The lowest BCUT2D eigenvalue weighted by Gasteiger charge is -2.27. The molecule has 0 radical (unpaired) electrons. The molecule has 2 aliphatic rings. The molecule has 2 aromatic rings. The van der Waals surface area contributed by atoms with Crippen molar-refractivity contribution in [3.63, 3.8) is 0 Å². The molecule has 0 atom stereocenters. The van der Waals surface area contributed by atoms with Crippen LogP contribution in [0.3, 0.4) is 0 Å². The number of aliphatic imine (C=N–C) groups is 1. The Kier molecular flexibility index (Phi) is 6.75. The van der Waals surface area contributed by atoms with Crippen LogP contribution in [0.4, 0.5) is 5.69 Å². The van der Waals surface area contributed by atoms with Gasteiger partial charge >= 0.3 is 0 Å². The minimum Gasteiger partial charge on any atom is -0.355 e. The maximum atomic E-state index is 12.6. The van der Waals surface area contributed by atoms with E-state index in [-0.39, 0.29) is 29.9 Å². The van der Waals surface area contributed by atoms with Gasteiger partial charge in [-0.25, -0.2) is 0 Å². The number of benzene rings is 1. The number of amides is 1. The smallest absolute Gasteiger partial charge is 0.224 e. The van der Waals surface area contributed by atoms with Crippen molar-refractivity contribution in [1.29, 1.82) is 0 Å². The second kappa shape index (κ2) is 9.05. The number of anilines is 1. The first-order chi connectivity index (χ1) is 12.8. The zero-order chi connectivity index (χ0) is 17.9. The van der Waals surface area contributed by atoms with Crippen molar-refractivity contribution in [3.05, 3.63) is 51.7 Å². The van der Waals surface area contributed by atoms with Crippen LogP contribution in [-0.2, 0) is 24.2 Å². The minimum atomic E-state index is 0. The minimum absolute atomic E-state index is 0. The van der Waals surface area contributed by atoms with E-state index in [0.29, 0.717) is 13.0 Å². The van der Waals surface area contributed by atoms with Gasteiger partial charge in [-0.05, 0) is 41.5 Å². The predicted molar refractivity (Wildman–Crippen MR) is 122 cm³/mol. The quantitative estimate of drug-likeness (QED) is 0.403. The Morgan fingerprint density at radius 2 is 2.04 bits per heavy atom. The molecule has 0 fully saturated rings. The standard InChI is InChI=1S/C20H24N4OS.HI/c1-21-20(24-12-7-15-4-2-3-5-17(15)24)22-10-6-19(25)23-11-8-18-16(14-23)9-13-26-18;/h2-5,9,13H,6-8,10-12,14H2,1H3,(H,21,22);1H. The van der Waals surface area contributed by atoms with Gasteiger partial charge in [-0.1, -0.05) is 18.2 Å². The lowest BCUT2D eigenvalue weighted by molar-refractivity contribution is -0.131. The maximum Gasteiger partial charge on any atom is 0.224 e. The summed E-state index contributed by atoms with van der Waals surface area (Å²) in [7, 11) is 1.80. The highest BCUT2D eigenvalue weighted by Gasteiger charge is 2.24. The van der Waals surface area contributed by atoms with Gasteiger partial charge in [-0.15, -0.1) is 35.3 Å². The summed E-state index contributed by atoms with van der Waals surface area (Å²) in [6.07, 6.45) is 2.51. The fraction of sp³-hybridized carbons (Fsp3) is 0.400. The fourth-order valence-electron chi connectivity index (χ4n) is 3.75. The van der Waals surface area contributed by atoms with Gasteiger partial charge in [0, 0.05) is 50.2 Å². The van der Waals surface area contributed by atoms with Crippen molar-refractivity contribution in [2.75, 3.05) is 31.6 Å². The van der Waals surface area contributed by atoms with Crippen LogP contribution in [0.5, 0.6) is 0 Å². The molecule has 5 nitrogen and oxygen atoms in total. The average molecular weight is 496 g/mol. The molecule has 144 valence electrons. The summed E-state index contributed by atoms with van der Waals surface area (Å²) in [5.41, 5.74) is 3.88. The Morgan fingerprint density at radius 1 is 1.19 bits per heavy atom. The largest absolute Gasteiger partial charge is 0.355 e. The summed E-state index contributed by atoms with van der Waals surface area (Å²) in [6.45, 7) is 3.13. The van der Waals surface area contributed by atoms with Crippen molar-refractivity contribution in [2.24, 2.45) is 4.99 Å². The van der Waals surface area contributed by atoms with E-state index in [9.17, 15) is 4.79 Å². The molecule has 1 aromatic heterocycles. The van der Waals surface area contributed by atoms with E-state index < -0.39 is 0 Å². The van der Waals surface area contributed by atoms with Gasteiger partial charge in [0.1, 0.15) is 0 Å². The average Bonchev–Trinajstić information content (AvgIpc) is 3.31. The van der Waals surface area contributed by atoms with Crippen LogP contribution in [-0.4, -0.2) is 43.4 Å². The van der Waals surface area contributed by atoms with Crippen molar-refractivity contribution in [2.45, 2.75) is 25.8 Å². The number of carbonyl (C=O) groups excluding carboxylic acids is 1. The molecule has 1 aromatic carbocycles. The molecule has 0 bridgehead atoms. The van der Waals surface area contributed by atoms with E-state index in [4.69, 9.17) is 0 Å². The molecule has 7 heteroatoms. The van der Waals surface area contributed by atoms with Gasteiger partial charge in [0.2, 0.25) is 5.91 Å². The first kappa shape index (κ1) is 20.1. The van der Waals surface area contributed by atoms with E-state index in [2.05, 4.69) is 50.9 Å². The van der Waals surface area contributed by atoms with Crippen molar-refractivity contribution in [3.8, 4) is 0 Å². The van der Waals surface area contributed by atoms with Gasteiger partial charge in [-0.2, -0.15) is 0 Å². The van der Waals surface area contributed by atoms with E-state index in [1.54, 1.807) is 18.4 Å². The highest BCUT2D eigenvalue weighted by molar-refractivity contribution is 14.0.